The Bertz CT molecular complexity index is 711. The number of nitrogens with one attached hydrogen (secondary N) is 1. The molecule has 0 heterocycles. The van der Waals surface area contributed by atoms with Gasteiger partial charge in [-0.15, -0.1) is 11.8 Å². The summed E-state index contributed by atoms with van der Waals surface area (Å²) >= 11 is 1.32. The summed E-state index contributed by atoms with van der Waals surface area (Å²) in [5.41, 5.74) is -0.577. The number of alkyl halides is 3. The molecule has 2 rings (SSSR count). The normalized spacial score (nSPS) is 12.1. The van der Waals surface area contributed by atoms with E-state index in [4.69, 9.17) is 0 Å². The van der Waals surface area contributed by atoms with E-state index in [1.165, 1.54) is 23.9 Å². The average molecular weight is 337 g/mol. The molecule has 0 aromatic heterocycles. The van der Waals surface area contributed by atoms with E-state index in [0.29, 0.717) is 16.7 Å². The van der Waals surface area contributed by atoms with Crippen molar-refractivity contribution in [2.45, 2.75) is 11.1 Å². The van der Waals surface area contributed by atoms with Crippen molar-refractivity contribution >= 4 is 23.2 Å². The molecule has 0 saturated carbocycles. The van der Waals surface area contributed by atoms with Crippen molar-refractivity contribution in [3.05, 3.63) is 71.9 Å². The van der Waals surface area contributed by atoms with E-state index in [-0.39, 0.29) is 5.56 Å². The third-order valence-corrected chi connectivity index (χ3v) is 3.81. The van der Waals surface area contributed by atoms with E-state index < -0.39 is 17.7 Å². The first-order chi connectivity index (χ1) is 10.9. The Morgan fingerprint density at radius 2 is 1.65 bits per heavy atom. The number of benzene rings is 2. The minimum atomic E-state index is -4.66. The summed E-state index contributed by atoms with van der Waals surface area (Å²) in [6, 6.07) is 14.5. The Morgan fingerprint density at radius 3 is 2.26 bits per heavy atom. The number of ketones is 1. The Labute approximate surface area is 136 Å². The number of rotatable bonds is 5. The molecule has 0 aliphatic rings. The first-order valence-corrected chi connectivity index (χ1v) is 7.92. The molecule has 0 unspecified atom stereocenters. The molecule has 0 radical (unpaired) electrons. The van der Waals surface area contributed by atoms with Gasteiger partial charge in [0.2, 0.25) is 0 Å². The standard InChI is InChI=1S/C17H14F3NOS/c1-23-15-10-6-5-9-13(15)21-16(17(18,19)20)11-14(22)12-7-3-2-4-8-12/h2-11,21H,1H3/b16-11+. The molecule has 0 bridgehead atoms. The summed E-state index contributed by atoms with van der Waals surface area (Å²) in [6.07, 6.45) is -2.30. The van der Waals surface area contributed by atoms with Crippen LogP contribution < -0.4 is 5.32 Å². The summed E-state index contributed by atoms with van der Waals surface area (Å²) < 4.78 is 39.7. The number of anilines is 1. The molecule has 0 atom stereocenters. The number of hydrogen-bond acceptors (Lipinski definition) is 3. The number of carbonyl (C=O) groups is 1. The molecule has 23 heavy (non-hydrogen) atoms. The van der Waals surface area contributed by atoms with E-state index in [1.54, 1.807) is 48.7 Å². The lowest BCUT2D eigenvalue weighted by atomic mass is 10.1. The number of hydrogen-bond donors (Lipinski definition) is 1. The van der Waals surface area contributed by atoms with Gasteiger partial charge >= 0.3 is 6.18 Å². The van der Waals surface area contributed by atoms with Gasteiger partial charge in [0.25, 0.3) is 0 Å². The zero-order chi connectivity index (χ0) is 16.9. The molecule has 0 amide bonds. The Balaban J connectivity index is 2.35. The average Bonchev–Trinajstić information content (AvgIpc) is 2.54. The molecule has 2 aromatic carbocycles. The van der Waals surface area contributed by atoms with Gasteiger partial charge in [-0.05, 0) is 18.4 Å². The minimum absolute atomic E-state index is 0.203. The Hall–Kier alpha value is -2.21. The van der Waals surface area contributed by atoms with Gasteiger partial charge in [-0.1, -0.05) is 42.5 Å². The van der Waals surface area contributed by atoms with Crippen LogP contribution >= 0.6 is 11.8 Å². The lowest BCUT2D eigenvalue weighted by molar-refractivity contribution is -0.0903. The lowest BCUT2D eigenvalue weighted by Gasteiger charge is -2.16. The summed E-state index contributed by atoms with van der Waals surface area (Å²) in [5, 5.41) is 2.33. The molecule has 0 fully saturated rings. The largest absolute Gasteiger partial charge is 0.431 e. The van der Waals surface area contributed by atoms with Crippen LogP contribution in [0, 0.1) is 0 Å². The maximum Gasteiger partial charge on any atom is 0.431 e. The van der Waals surface area contributed by atoms with Crippen LogP contribution in [0.5, 0.6) is 0 Å². The first-order valence-electron chi connectivity index (χ1n) is 6.70. The van der Waals surface area contributed by atoms with Gasteiger partial charge < -0.3 is 5.32 Å². The number of halogens is 3. The third kappa shape index (κ3) is 4.63. The van der Waals surface area contributed by atoms with Crippen molar-refractivity contribution in [3.63, 3.8) is 0 Å². The van der Waals surface area contributed by atoms with Crippen LogP contribution in [0.4, 0.5) is 18.9 Å². The van der Waals surface area contributed by atoms with Gasteiger partial charge in [0, 0.05) is 16.5 Å². The van der Waals surface area contributed by atoms with E-state index >= 15 is 0 Å². The zero-order valence-electron chi connectivity index (χ0n) is 12.2. The predicted octanol–water partition coefficient (Wildman–Crippen LogP) is 5.15. The second kappa shape index (κ2) is 7.37. The molecule has 0 saturated heterocycles. The van der Waals surface area contributed by atoms with Crippen LogP contribution in [0.15, 0.2) is 71.3 Å². The van der Waals surface area contributed by atoms with Crippen LogP contribution in [0.25, 0.3) is 0 Å². The van der Waals surface area contributed by atoms with Gasteiger partial charge in [-0.2, -0.15) is 13.2 Å². The van der Waals surface area contributed by atoms with Crippen molar-refractivity contribution in [1.29, 1.82) is 0 Å². The lowest BCUT2D eigenvalue weighted by Crippen LogP contribution is -2.21. The summed E-state index contributed by atoms with van der Waals surface area (Å²) in [6.45, 7) is 0. The van der Waals surface area contributed by atoms with Gasteiger partial charge in [-0.3, -0.25) is 4.79 Å². The summed E-state index contributed by atoms with van der Waals surface area (Å²) in [7, 11) is 0. The van der Waals surface area contributed by atoms with Crippen LogP contribution in [0.3, 0.4) is 0 Å². The van der Waals surface area contributed by atoms with E-state index in [2.05, 4.69) is 5.32 Å². The monoisotopic (exact) mass is 337 g/mol. The third-order valence-electron chi connectivity index (χ3n) is 3.02. The van der Waals surface area contributed by atoms with Gasteiger partial charge in [0.1, 0.15) is 5.70 Å². The van der Waals surface area contributed by atoms with Crippen molar-refractivity contribution in [2.24, 2.45) is 0 Å². The minimum Gasteiger partial charge on any atom is -0.350 e. The number of para-hydroxylation sites is 1. The smallest absolute Gasteiger partial charge is 0.350 e. The Kier molecular flexibility index (Phi) is 5.50. The van der Waals surface area contributed by atoms with Gasteiger partial charge in [0.05, 0.1) is 5.69 Å². The van der Waals surface area contributed by atoms with Gasteiger partial charge in [0.15, 0.2) is 5.78 Å². The Morgan fingerprint density at radius 1 is 1.04 bits per heavy atom. The highest BCUT2D eigenvalue weighted by atomic mass is 32.2. The molecule has 0 aliphatic carbocycles. The number of allylic oxidation sites excluding steroid dienone is 2. The number of thioether (sulfide) groups is 1. The molecule has 2 aromatic rings. The van der Waals surface area contributed by atoms with Crippen molar-refractivity contribution in [1.82, 2.24) is 0 Å². The second-order valence-corrected chi connectivity index (χ2v) is 5.46. The van der Waals surface area contributed by atoms with Gasteiger partial charge in [-0.25, -0.2) is 0 Å². The molecule has 0 spiro atoms. The topological polar surface area (TPSA) is 29.1 Å². The summed E-state index contributed by atoms with van der Waals surface area (Å²) in [5.74, 6) is -0.702. The van der Waals surface area contributed by atoms with E-state index in [1.807, 2.05) is 0 Å². The fourth-order valence-corrected chi connectivity index (χ4v) is 2.45. The van der Waals surface area contributed by atoms with Crippen molar-refractivity contribution in [2.75, 3.05) is 11.6 Å². The SMILES string of the molecule is CSc1ccccc1N/C(=C/C(=O)c1ccccc1)C(F)(F)F. The number of carbonyl (C=O) groups excluding carboxylic acids is 1. The van der Waals surface area contributed by atoms with Crippen LogP contribution in [0.1, 0.15) is 10.4 Å². The zero-order valence-corrected chi connectivity index (χ0v) is 13.0. The van der Waals surface area contributed by atoms with E-state index in [9.17, 15) is 18.0 Å². The van der Waals surface area contributed by atoms with E-state index in [0.717, 1.165) is 0 Å². The fourth-order valence-electron chi connectivity index (χ4n) is 1.90. The maximum atomic E-state index is 13.2. The molecular weight excluding hydrogens is 323 g/mol. The van der Waals surface area contributed by atoms with Crippen LogP contribution in [0.2, 0.25) is 0 Å². The highest BCUT2D eigenvalue weighted by molar-refractivity contribution is 7.98. The molecule has 6 heteroatoms. The summed E-state index contributed by atoms with van der Waals surface area (Å²) in [4.78, 5) is 12.7. The molecule has 120 valence electrons. The molecule has 2 nitrogen and oxygen atoms in total. The maximum absolute atomic E-state index is 13.2. The van der Waals surface area contributed by atoms with Crippen molar-refractivity contribution < 1.29 is 18.0 Å². The van der Waals surface area contributed by atoms with Crippen molar-refractivity contribution in [3.8, 4) is 0 Å². The first kappa shape index (κ1) is 17.1. The fraction of sp³-hybridized carbons (Fsp3) is 0.118. The van der Waals surface area contributed by atoms with Crippen LogP contribution in [-0.4, -0.2) is 18.2 Å². The molecule has 1 N–H and O–H groups in total. The molecule has 0 aliphatic heterocycles. The molecular formula is C17H14F3NOS. The predicted molar refractivity (Wildman–Crippen MR) is 86.8 cm³/mol. The highest BCUT2D eigenvalue weighted by Crippen LogP contribution is 2.31. The second-order valence-electron chi connectivity index (χ2n) is 4.61. The van der Waals surface area contributed by atoms with Crippen LogP contribution in [-0.2, 0) is 0 Å². The quantitative estimate of drug-likeness (QED) is 0.465. The highest BCUT2D eigenvalue weighted by Gasteiger charge is 2.35.